The van der Waals surface area contributed by atoms with Gasteiger partial charge in [-0.2, -0.15) is 10.4 Å². The number of hydrogen-bond acceptors (Lipinski definition) is 7. The minimum absolute atomic E-state index is 0.165. The van der Waals surface area contributed by atoms with E-state index in [9.17, 15) is 18.8 Å². The third-order valence-corrected chi connectivity index (χ3v) is 7.22. The molecule has 0 spiro atoms. The van der Waals surface area contributed by atoms with Crippen molar-refractivity contribution in [1.82, 2.24) is 24.6 Å². The van der Waals surface area contributed by atoms with Gasteiger partial charge in [0.15, 0.2) is 23.0 Å². The van der Waals surface area contributed by atoms with Gasteiger partial charge in [-0.1, -0.05) is 12.1 Å². The van der Waals surface area contributed by atoms with Crippen molar-refractivity contribution in [2.75, 3.05) is 12.3 Å². The molecule has 4 aromatic rings. The number of likely N-dealkylation sites (tertiary alicyclic amines) is 1. The highest BCUT2D eigenvalue weighted by molar-refractivity contribution is 5.99. The number of benzene rings is 2. The third kappa shape index (κ3) is 4.84. The van der Waals surface area contributed by atoms with E-state index in [-0.39, 0.29) is 29.1 Å². The number of nitrogen functional groups attached to an aromatic ring is 1. The van der Waals surface area contributed by atoms with Crippen LogP contribution in [0.2, 0.25) is 0 Å². The summed E-state index contributed by atoms with van der Waals surface area (Å²) in [4.78, 5) is 23.5. The molecule has 9 nitrogen and oxygen atoms in total. The average Bonchev–Trinajstić information content (AvgIpc) is 3.53. The first-order chi connectivity index (χ1) is 19.4. The van der Waals surface area contributed by atoms with E-state index in [1.807, 2.05) is 0 Å². The van der Waals surface area contributed by atoms with Crippen molar-refractivity contribution in [3.63, 3.8) is 0 Å². The number of carbonyl (C=O) groups is 1. The van der Waals surface area contributed by atoms with Crippen LogP contribution in [-0.4, -0.2) is 43.1 Å². The number of amides is 1. The molecule has 1 amide bonds. The molecule has 2 fully saturated rings. The first kappa shape index (κ1) is 25.4. The smallest absolute Gasteiger partial charge is 0.264 e. The zero-order chi connectivity index (χ0) is 27.8. The Bertz CT molecular complexity index is 1650. The van der Waals surface area contributed by atoms with Crippen LogP contribution in [0, 0.1) is 28.9 Å². The predicted molar refractivity (Wildman–Crippen MR) is 143 cm³/mol. The molecule has 2 aromatic heterocycles. The molecule has 40 heavy (non-hydrogen) atoms. The van der Waals surface area contributed by atoms with E-state index in [0.29, 0.717) is 41.3 Å². The number of nitriles is 1. The molecule has 2 N–H and O–H groups in total. The van der Waals surface area contributed by atoms with Gasteiger partial charge in [0.25, 0.3) is 5.91 Å². The minimum atomic E-state index is -0.803. The van der Waals surface area contributed by atoms with Crippen LogP contribution in [0.5, 0.6) is 11.5 Å². The number of carbonyl (C=O) groups excluding carboxylic acids is 1. The van der Waals surface area contributed by atoms with Crippen LogP contribution < -0.4 is 10.5 Å². The molecule has 1 saturated carbocycles. The fraction of sp³-hybridized carbons (Fsp3) is 0.276. The molecular weight excluding hydrogens is 516 g/mol. The molecule has 2 aromatic carbocycles. The Morgan fingerprint density at radius 1 is 1.12 bits per heavy atom. The summed E-state index contributed by atoms with van der Waals surface area (Å²) >= 11 is 0. The summed E-state index contributed by atoms with van der Waals surface area (Å²) in [6, 6.07) is 12.0. The molecule has 202 valence electrons. The van der Waals surface area contributed by atoms with Gasteiger partial charge in [0.2, 0.25) is 0 Å². The molecule has 1 aliphatic carbocycles. The number of fused-ring (bicyclic) bond motifs is 1. The molecule has 0 bridgehead atoms. The molecule has 1 aliphatic heterocycles. The largest absolute Gasteiger partial charge is 0.451 e. The molecule has 1 atom stereocenters. The number of para-hydroxylation sites is 1. The number of rotatable bonds is 7. The normalized spacial score (nSPS) is 17.3. The Morgan fingerprint density at radius 3 is 2.58 bits per heavy atom. The Kier molecular flexibility index (Phi) is 6.59. The number of ether oxygens (including phenoxy) is 1. The van der Waals surface area contributed by atoms with E-state index < -0.39 is 17.4 Å². The van der Waals surface area contributed by atoms with E-state index in [0.717, 1.165) is 37.8 Å². The van der Waals surface area contributed by atoms with Gasteiger partial charge >= 0.3 is 0 Å². The first-order valence-electron chi connectivity index (χ1n) is 13.0. The lowest BCUT2D eigenvalue weighted by Gasteiger charge is -2.24. The van der Waals surface area contributed by atoms with Crippen LogP contribution >= 0.6 is 0 Å². The molecular formula is C29H25F2N7O2. The maximum atomic E-state index is 14.0. The van der Waals surface area contributed by atoms with E-state index >= 15 is 0 Å². The standard InChI is InChI=1S/C29H25F2N7O2/c30-22-4-1-5-23(31)26(22)40-21-10-8-18(9-11-21)25-24-27(33)34-16-35-28(24)38(36-25)15-20-3-2-12-37(20)29(39)19(14-32)13-17-6-7-17/h1,4-5,8-11,13,16-17,20H,2-3,6-7,12,15H2,(H2,33,34,35)/b19-13-/t20-/m0/s1. The van der Waals surface area contributed by atoms with Crippen molar-refractivity contribution in [2.24, 2.45) is 5.92 Å². The van der Waals surface area contributed by atoms with Gasteiger partial charge in [0.05, 0.1) is 18.0 Å². The quantitative estimate of drug-likeness (QED) is 0.258. The lowest BCUT2D eigenvalue weighted by Crippen LogP contribution is -2.39. The third-order valence-electron chi connectivity index (χ3n) is 7.22. The van der Waals surface area contributed by atoms with Gasteiger partial charge in [0.1, 0.15) is 35.2 Å². The molecule has 2 aliphatic rings. The number of allylic oxidation sites excluding steroid dienone is 1. The van der Waals surface area contributed by atoms with Crippen molar-refractivity contribution in [3.05, 3.63) is 72.1 Å². The summed E-state index contributed by atoms with van der Waals surface area (Å²) in [6.45, 7) is 0.940. The SMILES string of the molecule is N#C/C(=C/C1CC1)C(=O)N1CCC[C@H]1Cn1nc(-c2ccc(Oc3c(F)cccc3F)cc2)c2c(N)ncnc21. The Morgan fingerprint density at radius 2 is 1.88 bits per heavy atom. The average molecular weight is 542 g/mol. The van der Waals surface area contributed by atoms with Crippen LogP contribution in [0.25, 0.3) is 22.3 Å². The summed E-state index contributed by atoms with van der Waals surface area (Å²) in [5.74, 6) is -1.52. The van der Waals surface area contributed by atoms with Gasteiger partial charge in [-0.3, -0.25) is 4.79 Å². The summed E-state index contributed by atoms with van der Waals surface area (Å²) < 4.78 is 35.2. The van der Waals surface area contributed by atoms with Crippen molar-refractivity contribution in [2.45, 2.75) is 38.3 Å². The second-order valence-corrected chi connectivity index (χ2v) is 9.99. The van der Waals surface area contributed by atoms with E-state index in [2.05, 4.69) is 16.0 Å². The van der Waals surface area contributed by atoms with E-state index in [1.54, 1.807) is 39.9 Å². The fourth-order valence-electron chi connectivity index (χ4n) is 5.04. The highest BCUT2D eigenvalue weighted by Gasteiger charge is 2.33. The Hall–Kier alpha value is -4.85. The molecule has 0 radical (unpaired) electrons. The van der Waals surface area contributed by atoms with Crippen LogP contribution in [0.15, 0.2) is 60.4 Å². The molecule has 11 heteroatoms. The lowest BCUT2D eigenvalue weighted by molar-refractivity contribution is -0.127. The second-order valence-electron chi connectivity index (χ2n) is 9.99. The van der Waals surface area contributed by atoms with Gasteiger partial charge in [-0.05, 0) is 68.0 Å². The number of nitrogens with two attached hydrogens (primary N) is 1. The predicted octanol–water partition coefficient (Wildman–Crippen LogP) is 5.00. The van der Waals surface area contributed by atoms with Gasteiger partial charge in [-0.15, -0.1) is 0 Å². The lowest BCUT2D eigenvalue weighted by atomic mass is 10.1. The molecule has 0 unspecified atom stereocenters. The number of aromatic nitrogens is 4. The highest BCUT2D eigenvalue weighted by atomic mass is 19.1. The number of hydrogen-bond donors (Lipinski definition) is 1. The Labute approximate surface area is 228 Å². The summed E-state index contributed by atoms with van der Waals surface area (Å²) in [7, 11) is 0. The topological polar surface area (TPSA) is 123 Å². The van der Waals surface area contributed by atoms with Crippen molar-refractivity contribution in [3.8, 4) is 28.8 Å². The van der Waals surface area contributed by atoms with Crippen LogP contribution in [0.3, 0.4) is 0 Å². The molecule has 3 heterocycles. The van der Waals surface area contributed by atoms with Crippen molar-refractivity contribution < 1.29 is 18.3 Å². The monoisotopic (exact) mass is 541 g/mol. The number of anilines is 1. The van der Waals surface area contributed by atoms with Crippen LogP contribution in [0.4, 0.5) is 14.6 Å². The Balaban J connectivity index is 1.29. The zero-order valence-electron chi connectivity index (χ0n) is 21.4. The van der Waals surface area contributed by atoms with Crippen LogP contribution in [0.1, 0.15) is 25.7 Å². The van der Waals surface area contributed by atoms with E-state index in [4.69, 9.17) is 15.6 Å². The first-order valence-corrected chi connectivity index (χ1v) is 13.0. The highest BCUT2D eigenvalue weighted by Crippen LogP contribution is 2.35. The molecule has 1 saturated heterocycles. The number of halogens is 2. The fourth-order valence-corrected chi connectivity index (χ4v) is 5.04. The second kappa shape index (κ2) is 10.4. The number of nitrogens with zero attached hydrogens (tertiary/aromatic N) is 6. The van der Waals surface area contributed by atoms with Crippen molar-refractivity contribution >= 4 is 22.8 Å². The van der Waals surface area contributed by atoms with Gasteiger partial charge in [-0.25, -0.2) is 23.4 Å². The van der Waals surface area contributed by atoms with Crippen molar-refractivity contribution in [1.29, 1.82) is 5.26 Å². The van der Waals surface area contributed by atoms with E-state index in [1.165, 1.54) is 12.4 Å². The maximum Gasteiger partial charge on any atom is 0.264 e. The summed E-state index contributed by atoms with van der Waals surface area (Å²) in [6.07, 6.45) is 6.77. The maximum absolute atomic E-state index is 14.0. The van der Waals surface area contributed by atoms with Gasteiger partial charge < -0.3 is 15.4 Å². The van der Waals surface area contributed by atoms with Crippen LogP contribution in [-0.2, 0) is 11.3 Å². The van der Waals surface area contributed by atoms with Gasteiger partial charge in [0, 0.05) is 12.1 Å². The minimum Gasteiger partial charge on any atom is -0.451 e. The zero-order valence-corrected chi connectivity index (χ0v) is 21.4. The summed E-state index contributed by atoms with van der Waals surface area (Å²) in [5, 5.41) is 14.9. The summed E-state index contributed by atoms with van der Waals surface area (Å²) in [5.41, 5.74) is 8.16. The molecule has 6 rings (SSSR count).